The molecule has 1 heterocycles. The fourth-order valence-electron chi connectivity index (χ4n) is 1.24. The fraction of sp³-hybridized carbons (Fsp3) is 0.200. The summed E-state index contributed by atoms with van der Waals surface area (Å²) in [6.45, 7) is 2.15. The first-order valence-corrected chi connectivity index (χ1v) is 4.34. The van der Waals surface area contributed by atoms with Crippen molar-refractivity contribution >= 4 is 0 Å². The molecule has 13 heavy (non-hydrogen) atoms. The molecular weight excluding hydrogens is 162 g/mol. The Hall–Kier alpha value is -1.64. The molecule has 0 aliphatic rings. The van der Waals surface area contributed by atoms with E-state index in [9.17, 15) is 0 Å². The van der Waals surface area contributed by atoms with E-state index in [4.69, 9.17) is 0 Å². The second kappa shape index (κ2) is 3.39. The van der Waals surface area contributed by atoms with Gasteiger partial charge in [0.1, 0.15) is 12.7 Å². The van der Waals surface area contributed by atoms with Crippen molar-refractivity contribution in [2.75, 3.05) is 0 Å². The molecule has 66 valence electrons. The van der Waals surface area contributed by atoms with E-state index < -0.39 is 0 Å². The lowest BCUT2D eigenvalue weighted by atomic mass is 10.1. The Morgan fingerprint density at radius 2 is 1.69 bits per heavy atom. The highest BCUT2D eigenvalue weighted by Gasteiger charge is 1.94. The lowest BCUT2D eigenvalue weighted by molar-refractivity contribution is 1.05. The fourth-order valence-corrected chi connectivity index (χ4v) is 1.24. The molecule has 0 saturated heterocycles. The summed E-state index contributed by atoms with van der Waals surface area (Å²) in [6, 6.07) is 8.38. The highest BCUT2D eigenvalue weighted by molar-refractivity contribution is 5.33. The van der Waals surface area contributed by atoms with E-state index in [1.165, 1.54) is 5.56 Å². The summed E-state index contributed by atoms with van der Waals surface area (Å²) >= 11 is 0. The molecule has 2 aromatic rings. The van der Waals surface area contributed by atoms with Gasteiger partial charge < -0.3 is 0 Å². The lowest BCUT2D eigenvalue weighted by Gasteiger charge is -2.01. The van der Waals surface area contributed by atoms with Crippen molar-refractivity contribution in [3.05, 3.63) is 42.5 Å². The molecule has 0 unspecified atom stereocenters. The quantitative estimate of drug-likeness (QED) is 0.693. The van der Waals surface area contributed by atoms with Crippen molar-refractivity contribution in [3.63, 3.8) is 0 Å². The molecular formula is C10H11N3. The van der Waals surface area contributed by atoms with Gasteiger partial charge in [-0.25, -0.2) is 0 Å². The molecule has 0 aliphatic carbocycles. The topological polar surface area (TPSA) is 30.7 Å². The van der Waals surface area contributed by atoms with E-state index in [0.717, 1.165) is 12.1 Å². The largest absolute Gasteiger partial charge is 0.288 e. The second-order valence-corrected chi connectivity index (χ2v) is 2.89. The Balaban J connectivity index is 2.33. The summed E-state index contributed by atoms with van der Waals surface area (Å²) < 4.78 is 1.89. The number of rotatable bonds is 2. The average molecular weight is 173 g/mol. The van der Waals surface area contributed by atoms with Crippen molar-refractivity contribution in [1.82, 2.24) is 14.8 Å². The van der Waals surface area contributed by atoms with E-state index in [1.807, 2.05) is 4.57 Å². The van der Waals surface area contributed by atoms with E-state index in [2.05, 4.69) is 41.4 Å². The molecule has 0 radical (unpaired) electrons. The zero-order chi connectivity index (χ0) is 9.10. The first-order chi connectivity index (χ1) is 6.40. The third-order valence-electron chi connectivity index (χ3n) is 2.06. The van der Waals surface area contributed by atoms with Gasteiger partial charge in [0.05, 0.1) is 0 Å². The molecule has 0 amide bonds. The smallest absolute Gasteiger partial charge is 0.123 e. The van der Waals surface area contributed by atoms with Crippen LogP contribution in [0, 0.1) is 0 Å². The van der Waals surface area contributed by atoms with Gasteiger partial charge in [0.2, 0.25) is 0 Å². The second-order valence-electron chi connectivity index (χ2n) is 2.89. The normalized spacial score (nSPS) is 10.2. The molecule has 0 spiro atoms. The Morgan fingerprint density at radius 1 is 1.08 bits per heavy atom. The summed E-state index contributed by atoms with van der Waals surface area (Å²) in [7, 11) is 0. The third-order valence-corrected chi connectivity index (χ3v) is 2.06. The van der Waals surface area contributed by atoms with Crippen LogP contribution in [0.1, 0.15) is 12.5 Å². The lowest BCUT2D eigenvalue weighted by Crippen LogP contribution is -1.90. The van der Waals surface area contributed by atoms with Crippen LogP contribution in [0.5, 0.6) is 0 Å². The first kappa shape index (κ1) is 7.98. The highest BCUT2D eigenvalue weighted by atomic mass is 15.2. The van der Waals surface area contributed by atoms with Crippen LogP contribution in [0.15, 0.2) is 36.9 Å². The van der Waals surface area contributed by atoms with E-state index in [0.29, 0.717) is 0 Å². The molecule has 3 heteroatoms. The molecule has 0 fully saturated rings. The van der Waals surface area contributed by atoms with Gasteiger partial charge in [0.25, 0.3) is 0 Å². The molecule has 1 aromatic carbocycles. The number of aryl methyl sites for hydroxylation is 1. The maximum atomic E-state index is 3.75. The highest BCUT2D eigenvalue weighted by Crippen LogP contribution is 2.08. The minimum absolute atomic E-state index is 1.07. The van der Waals surface area contributed by atoms with Crippen LogP contribution < -0.4 is 0 Å². The van der Waals surface area contributed by atoms with E-state index in [1.54, 1.807) is 12.7 Å². The Labute approximate surface area is 77.0 Å². The molecule has 0 N–H and O–H groups in total. The molecule has 0 aliphatic heterocycles. The zero-order valence-electron chi connectivity index (χ0n) is 7.51. The average Bonchev–Trinajstić information content (AvgIpc) is 2.71. The van der Waals surface area contributed by atoms with Gasteiger partial charge in [0, 0.05) is 5.69 Å². The van der Waals surface area contributed by atoms with Crippen molar-refractivity contribution in [1.29, 1.82) is 0 Å². The number of hydrogen-bond acceptors (Lipinski definition) is 2. The SMILES string of the molecule is CCc1ccc(-n2cnnc2)cc1. The van der Waals surface area contributed by atoms with Crippen molar-refractivity contribution in [2.24, 2.45) is 0 Å². The molecule has 2 rings (SSSR count). The van der Waals surface area contributed by atoms with Gasteiger partial charge in [-0.3, -0.25) is 4.57 Å². The maximum absolute atomic E-state index is 3.75. The van der Waals surface area contributed by atoms with Crippen LogP contribution in [0.25, 0.3) is 5.69 Å². The minimum Gasteiger partial charge on any atom is -0.288 e. The van der Waals surface area contributed by atoms with Gasteiger partial charge in [-0.1, -0.05) is 19.1 Å². The maximum Gasteiger partial charge on any atom is 0.123 e. The first-order valence-electron chi connectivity index (χ1n) is 4.34. The Kier molecular flexibility index (Phi) is 2.08. The van der Waals surface area contributed by atoms with Gasteiger partial charge >= 0.3 is 0 Å². The molecule has 0 atom stereocenters. The number of benzene rings is 1. The summed E-state index contributed by atoms with van der Waals surface area (Å²) in [5.41, 5.74) is 2.44. The van der Waals surface area contributed by atoms with Gasteiger partial charge in [-0.2, -0.15) is 0 Å². The standard InChI is InChI=1S/C10H11N3/c1-2-9-3-5-10(6-4-9)13-7-11-12-8-13/h3-8H,2H2,1H3. The molecule has 3 nitrogen and oxygen atoms in total. The van der Waals surface area contributed by atoms with Gasteiger partial charge in [-0.05, 0) is 24.1 Å². The summed E-state index contributed by atoms with van der Waals surface area (Å²) in [6.07, 6.45) is 4.46. The molecule has 0 bridgehead atoms. The van der Waals surface area contributed by atoms with Crippen molar-refractivity contribution < 1.29 is 0 Å². The van der Waals surface area contributed by atoms with E-state index in [-0.39, 0.29) is 0 Å². The van der Waals surface area contributed by atoms with Gasteiger partial charge in [-0.15, -0.1) is 10.2 Å². The van der Waals surface area contributed by atoms with Crippen LogP contribution in [-0.4, -0.2) is 14.8 Å². The van der Waals surface area contributed by atoms with Crippen LogP contribution in [0.3, 0.4) is 0 Å². The third kappa shape index (κ3) is 1.59. The molecule has 0 saturated carbocycles. The van der Waals surface area contributed by atoms with E-state index >= 15 is 0 Å². The number of nitrogens with zero attached hydrogens (tertiary/aromatic N) is 3. The summed E-state index contributed by atoms with van der Waals surface area (Å²) in [4.78, 5) is 0. The van der Waals surface area contributed by atoms with Crippen molar-refractivity contribution in [3.8, 4) is 5.69 Å². The number of aromatic nitrogens is 3. The Morgan fingerprint density at radius 3 is 2.23 bits per heavy atom. The summed E-state index contributed by atoms with van der Waals surface area (Å²) in [5.74, 6) is 0. The zero-order valence-corrected chi connectivity index (χ0v) is 7.51. The Bertz CT molecular complexity index is 362. The van der Waals surface area contributed by atoms with Crippen LogP contribution in [0.4, 0.5) is 0 Å². The minimum atomic E-state index is 1.07. The monoisotopic (exact) mass is 173 g/mol. The predicted molar refractivity (Wildman–Crippen MR) is 50.7 cm³/mol. The van der Waals surface area contributed by atoms with Crippen molar-refractivity contribution in [2.45, 2.75) is 13.3 Å². The van der Waals surface area contributed by atoms with Crippen LogP contribution in [-0.2, 0) is 6.42 Å². The van der Waals surface area contributed by atoms with Gasteiger partial charge in [0.15, 0.2) is 0 Å². The van der Waals surface area contributed by atoms with Crippen LogP contribution >= 0.6 is 0 Å². The number of hydrogen-bond donors (Lipinski definition) is 0. The molecule has 1 aromatic heterocycles. The van der Waals surface area contributed by atoms with Crippen LogP contribution in [0.2, 0.25) is 0 Å². The predicted octanol–water partition coefficient (Wildman–Crippen LogP) is 1.83. The summed E-state index contributed by atoms with van der Waals surface area (Å²) in [5, 5.41) is 7.51.